The molecule has 3 aromatic carbocycles. The predicted octanol–water partition coefficient (Wildman–Crippen LogP) is 4.23. The highest BCUT2D eigenvalue weighted by Gasteiger charge is 2.14. The summed E-state index contributed by atoms with van der Waals surface area (Å²) in [5, 5.41) is 2.37. The van der Waals surface area contributed by atoms with Crippen LogP contribution in [0.15, 0.2) is 71.5 Å². The van der Waals surface area contributed by atoms with Gasteiger partial charge in [0.15, 0.2) is 0 Å². The molecule has 0 aliphatic heterocycles. The number of rotatable bonds is 2. The van der Waals surface area contributed by atoms with Crippen LogP contribution in [0.3, 0.4) is 0 Å². The Bertz CT molecular complexity index is 1340. The molecule has 0 aliphatic carbocycles. The van der Waals surface area contributed by atoms with Crippen LogP contribution in [-0.2, 0) is 6.42 Å². The van der Waals surface area contributed by atoms with Gasteiger partial charge in [-0.1, -0.05) is 54.6 Å². The third kappa shape index (κ3) is 2.15. The van der Waals surface area contributed by atoms with Crippen molar-refractivity contribution in [2.75, 3.05) is 0 Å². The Hall–Kier alpha value is -3.40. The smallest absolute Gasteiger partial charge is 0.263 e. The number of aromatic amines is 1. The Kier molecular flexibility index (Phi) is 3.19. The highest BCUT2D eigenvalue weighted by Crippen LogP contribution is 2.22. The normalized spacial score (nSPS) is 11.6. The topological polar surface area (TPSA) is 50.2 Å². The molecule has 1 N–H and O–H groups in total. The van der Waals surface area contributed by atoms with E-state index in [2.05, 4.69) is 34.2 Å². The van der Waals surface area contributed by atoms with E-state index < -0.39 is 0 Å². The van der Waals surface area contributed by atoms with Crippen molar-refractivity contribution in [1.82, 2.24) is 14.4 Å². The molecule has 5 rings (SSSR count). The number of aryl methyl sites for hydroxylation is 1. The number of nitrogens with zero attached hydrogens (tertiary/aromatic N) is 2. The van der Waals surface area contributed by atoms with Gasteiger partial charge in [-0.25, -0.2) is 9.38 Å². The molecule has 0 bridgehead atoms. The second-order valence-corrected chi connectivity index (χ2v) is 6.61. The number of benzene rings is 3. The van der Waals surface area contributed by atoms with E-state index in [4.69, 9.17) is 0 Å². The fraction of sp³-hybridized carbons (Fsp3) is 0.0909. The highest BCUT2D eigenvalue weighted by molar-refractivity contribution is 5.86. The standard InChI is InChI=1S/C22H17N3O/c1-14-18(13-16-9-6-8-15-7-2-3-10-17(15)16)21(26)25-20-12-5-4-11-19(20)24-22(25)23-14/h2-12H,13H2,1H3,(H,23,24). The van der Waals surface area contributed by atoms with Crippen LogP contribution in [0, 0.1) is 6.92 Å². The third-order valence-corrected chi connectivity index (χ3v) is 5.02. The van der Waals surface area contributed by atoms with Crippen molar-refractivity contribution < 1.29 is 0 Å². The van der Waals surface area contributed by atoms with Gasteiger partial charge in [-0.3, -0.25) is 4.79 Å². The lowest BCUT2D eigenvalue weighted by Gasteiger charge is -2.09. The monoisotopic (exact) mass is 339 g/mol. The average molecular weight is 339 g/mol. The maximum absolute atomic E-state index is 13.3. The molecule has 0 saturated heterocycles. The van der Waals surface area contributed by atoms with Crippen molar-refractivity contribution in [3.8, 4) is 0 Å². The summed E-state index contributed by atoms with van der Waals surface area (Å²) in [6.07, 6.45) is 0.588. The van der Waals surface area contributed by atoms with Gasteiger partial charge in [-0.2, -0.15) is 0 Å². The summed E-state index contributed by atoms with van der Waals surface area (Å²) in [7, 11) is 0. The van der Waals surface area contributed by atoms with Crippen LogP contribution < -0.4 is 5.56 Å². The van der Waals surface area contributed by atoms with Gasteiger partial charge in [0.2, 0.25) is 5.78 Å². The van der Waals surface area contributed by atoms with Crippen molar-refractivity contribution in [1.29, 1.82) is 0 Å². The number of aromatic nitrogens is 3. The number of hydrogen-bond donors (Lipinski definition) is 1. The second kappa shape index (κ2) is 5.56. The maximum atomic E-state index is 13.3. The molecule has 4 nitrogen and oxygen atoms in total. The van der Waals surface area contributed by atoms with Crippen molar-refractivity contribution in [2.24, 2.45) is 0 Å². The lowest BCUT2D eigenvalue weighted by molar-refractivity contribution is 0.971. The second-order valence-electron chi connectivity index (χ2n) is 6.61. The Balaban J connectivity index is 1.76. The lowest BCUT2D eigenvalue weighted by Crippen LogP contribution is -2.21. The average Bonchev–Trinajstić information content (AvgIpc) is 3.03. The fourth-order valence-corrected chi connectivity index (χ4v) is 3.70. The molecular weight excluding hydrogens is 322 g/mol. The number of fused-ring (bicyclic) bond motifs is 4. The highest BCUT2D eigenvalue weighted by atomic mass is 16.1. The maximum Gasteiger partial charge on any atom is 0.263 e. The molecule has 0 spiro atoms. The van der Waals surface area contributed by atoms with Gasteiger partial charge < -0.3 is 4.98 Å². The number of para-hydroxylation sites is 2. The Morgan fingerprint density at radius 2 is 1.73 bits per heavy atom. The summed E-state index contributed by atoms with van der Waals surface area (Å²) in [4.78, 5) is 21.1. The van der Waals surface area contributed by atoms with E-state index >= 15 is 0 Å². The molecule has 0 aliphatic rings. The molecule has 0 radical (unpaired) electrons. The molecule has 0 unspecified atom stereocenters. The summed E-state index contributed by atoms with van der Waals surface area (Å²) < 4.78 is 1.68. The SMILES string of the molecule is Cc1[nH]c2nc3ccccc3n2c(=O)c1Cc1cccc2ccccc12. The van der Waals surface area contributed by atoms with Gasteiger partial charge in [0, 0.05) is 17.7 Å². The zero-order chi connectivity index (χ0) is 17.7. The number of nitrogens with one attached hydrogen (secondary N) is 1. The van der Waals surface area contributed by atoms with Crippen molar-refractivity contribution in [3.05, 3.63) is 93.9 Å². The van der Waals surface area contributed by atoms with Gasteiger partial charge in [0.05, 0.1) is 11.0 Å². The summed E-state index contributed by atoms with van der Waals surface area (Å²) in [5.41, 5.74) is 4.45. The van der Waals surface area contributed by atoms with Gasteiger partial charge in [0.1, 0.15) is 0 Å². The van der Waals surface area contributed by atoms with Crippen LogP contribution in [0.1, 0.15) is 16.8 Å². The van der Waals surface area contributed by atoms with E-state index in [1.807, 2.05) is 49.4 Å². The molecule has 0 amide bonds. The van der Waals surface area contributed by atoms with Crippen LogP contribution in [0.25, 0.3) is 27.6 Å². The number of imidazole rings is 1. The number of hydrogen-bond acceptors (Lipinski definition) is 2. The van der Waals surface area contributed by atoms with Crippen LogP contribution in [0.2, 0.25) is 0 Å². The van der Waals surface area contributed by atoms with E-state index in [0.717, 1.165) is 27.9 Å². The minimum atomic E-state index is -0.00196. The quantitative estimate of drug-likeness (QED) is 0.523. The van der Waals surface area contributed by atoms with E-state index in [1.54, 1.807) is 4.40 Å². The molecule has 126 valence electrons. The van der Waals surface area contributed by atoms with Crippen molar-refractivity contribution in [3.63, 3.8) is 0 Å². The Labute approximate surface area is 149 Å². The first-order chi connectivity index (χ1) is 12.7. The molecule has 4 heteroatoms. The molecule has 0 fully saturated rings. The van der Waals surface area contributed by atoms with E-state index in [0.29, 0.717) is 12.2 Å². The Morgan fingerprint density at radius 3 is 2.65 bits per heavy atom. The molecule has 2 heterocycles. The molecule has 26 heavy (non-hydrogen) atoms. The zero-order valence-corrected chi connectivity index (χ0v) is 14.4. The van der Waals surface area contributed by atoms with Crippen LogP contribution in [-0.4, -0.2) is 14.4 Å². The van der Waals surface area contributed by atoms with Gasteiger partial charge in [0.25, 0.3) is 5.56 Å². The first-order valence-corrected chi connectivity index (χ1v) is 8.68. The minimum Gasteiger partial charge on any atom is -0.329 e. The summed E-state index contributed by atoms with van der Waals surface area (Å²) in [5.74, 6) is 0.593. The molecule has 0 saturated carbocycles. The zero-order valence-electron chi connectivity index (χ0n) is 14.4. The molecule has 5 aromatic rings. The lowest BCUT2D eigenvalue weighted by atomic mass is 9.98. The van der Waals surface area contributed by atoms with E-state index in [1.165, 1.54) is 10.8 Å². The summed E-state index contributed by atoms with van der Waals surface area (Å²) >= 11 is 0. The number of H-pyrrole nitrogens is 1. The summed E-state index contributed by atoms with van der Waals surface area (Å²) in [6, 6.07) is 22.2. The fourth-order valence-electron chi connectivity index (χ4n) is 3.70. The molecule has 0 atom stereocenters. The third-order valence-electron chi connectivity index (χ3n) is 5.02. The Morgan fingerprint density at radius 1 is 0.962 bits per heavy atom. The summed E-state index contributed by atoms with van der Waals surface area (Å²) in [6.45, 7) is 1.95. The van der Waals surface area contributed by atoms with Crippen LogP contribution >= 0.6 is 0 Å². The first-order valence-electron chi connectivity index (χ1n) is 8.68. The van der Waals surface area contributed by atoms with Gasteiger partial charge in [-0.15, -0.1) is 0 Å². The van der Waals surface area contributed by atoms with E-state index in [-0.39, 0.29) is 5.56 Å². The van der Waals surface area contributed by atoms with E-state index in [9.17, 15) is 4.79 Å². The van der Waals surface area contributed by atoms with Crippen LogP contribution in [0.4, 0.5) is 0 Å². The van der Waals surface area contributed by atoms with Gasteiger partial charge >= 0.3 is 0 Å². The first kappa shape index (κ1) is 14.9. The van der Waals surface area contributed by atoms with Crippen molar-refractivity contribution >= 4 is 27.6 Å². The van der Waals surface area contributed by atoms with Crippen LogP contribution in [0.5, 0.6) is 0 Å². The molecular formula is C22H17N3O. The van der Waals surface area contributed by atoms with Gasteiger partial charge in [-0.05, 0) is 35.4 Å². The minimum absolute atomic E-state index is 0.00196. The van der Waals surface area contributed by atoms with Crippen molar-refractivity contribution in [2.45, 2.75) is 13.3 Å². The molecule has 2 aromatic heterocycles. The largest absolute Gasteiger partial charge is 0.329 e. The predicted molar refractivity (Wildman–Crippen MR) is 105 cm³/mol.